The molecule has 0 aliphatic carbocycles. The van der Waals surface area contributed by atoms with E-state index in [4.69, 9.17) is 0 Å². The van der Waals surface area contributed by atoms with E-state index in [-0.39, 0.29) is 17.9 Å². The summed E-state index contributed by atoms with van der Waals surface area (Å²) in [6.07, 6.45) is 4.04. The maximum Gasteiger partial charge on any atom is 0.254 e. The van der Waals surface area contributed by atoms with Gasteiger partial charge in [0.1, 0.15) is 0 Å². The summed E-state index contributed by atoms with van der Waals surface area (Å²) in [5.41, 5.74) is 0.802. The number of nitrogens with one attached hydrogen (secondary N) is 2. The summed E-state index contributed by atoms with van der Waals surface area (Å²) in [6, 6.07) is 7.87. The Bertz CT molecular complexity index is 659. The third-order valence-electron chi connectivity index (χ3n) is 5.23. The van der Waals surface area contributed by atoms with Gasteiger partial charge in [-0.15, -0.1) is 11.8 Å². The van der Waals surface area contributed by atoms with Crippen molar-refractivity contribution >= 4 is 23.6 Å². The second kappa shape index (κ2) is 9.60. The van der Waals surface area contributed by atoms with Crippen molar-refractivity contribution in [2.45, 2.75) is 55.7 Å². The van der Waals surface area contributed by atoms with E-state index in [0.29, 0.717) is 17.7 Å². The lowest BCUT2D eigenvalue weighted by Crippen LogP contribution is -2.46. The van der Waals surface area contributed by atoms with Crippen LogP contribution in [0.25, 0.3) is 0 Å². The molecule has 148 valence electrons. The molecule has 0 aromatic heterocycles. The van der Waals surface area contributed by atoms with Gasteiger partial charge in [-0.25, -0.2) is 0 Å². The number of likely N-dealkylation sites (tertiary alicyclic amines) is 1. The Morgan fingerprint density at radius 2 is 2.07 bits per heavy atom. The van der Waals surface area contributed by atoms with Crippen LogP contribution in [0.15, 0.2) is 29.2 Å². The second-order valence-electron chi connectivity index (χ2n) is 7.82. The minimum Gasteiger partial charge on any atom is -0.354 e. The molecule has 6 heteroatoms. The Labute approximate surface area is 166 Å². The maximum atomic E-state index is 13.1. The lowest BCUT2D eigenvalue weighted by atomic mass is 9.97. The van der Waals surface area contributed by atoms with Crippen molar-refractivity contribution in [2.75, 3.05) is 26.2 Å². The molecule has 27 heavy (non-hydrogen) atoms. The van der Waals surface area contributed by atoms with Gasteiger partial charge in [0.25, 0.3) is 5.91 Å². The summed E-state index contributed by atoms with van der Waals surface area (Å²) in [5, 5.41) is 6.76. The predicted octanol–water partition coefficient (Wildman–Crippen LogP) is 2.91. The molecule has 0 radical (unpaired) electrons. The quantitative estimate of drug-likeness (QED) is 0.735. The molecule has 5 nitrogen and oxygen atoms in total. The predicted molar refractivity (Wildman–Crippen MR) is 110 cm³/mol. The Hall–Kier alpha value is -1.53. The number of carbonyl (C=O) groups is 2. The molecule has 0 spiro atoms. The van der Waals surface area contributed by atoms with Crippen LogP contribution in [0.5, 0.6) is 0 Å². The highest BCUT2D eigenvalue weighted by molar-refractivity contribution is 8.00. The van der Waals surface area contributed by atoms with Crippen LogP contribution in [-0.2, 0) is 4.79 Å². The topological polar surface area (TPSA) is 61.4 Å². The molecule has 2 saturated heterocycles. The third kappa shape index (κ3) is 5.48. The van der Waals surface area contributed by atoms with Gasteiger partial charge in [0, 0.05) is 29.8 Å². The van der Waals surface area contributed by atoms with Crippen LogP contribution in [0.2, 0.25) is 0 Å². The molecule has 3 rings (SSSR count). The van der Waals surface area contributed by atoms with Gasteiger partial charge < -0.3 is 15.5 Å². The van der Waals surface area contributed by atoms with E-state index in [2.05, 4.69) is 24.5 Å². The van der Waals surface area contributed by atoms with Crippen LogP contribution in [0, 0.1) is 5.92 Å². The zero-order valence-electron chi connectivity index (χ0n) is 16.4. The van der Waals surface area contributed by atoms with Crippen molar-refractivity contribution in [2.24, 2.45) is 5.92 Å². The van der Waals surface area contributed by atoms with Gasteiger partial charge in [0.05, 0.1) is 11.6 Å². The molecule has 0 bridgehead atoms. The number of amides is 2. The lowest BCUT2D eigenvalue weighted by Gasteiger charge is -2.33. The maximum absolute atomic E-state index is 13.1. The molecule has 2 heterocycles. The van der Waals surface area contributed by atoms with Crippen molar-refractivity contribution < 1.29 is 9.59 Å². The van der Waals surface area contributed by atoms with E-state index >= 15 is 0 Å². The molecule has 2 atom stereocenters. The van der Waals surface area contributed by atoms with E-state index in [9.17, 15) is 9.59 Å². The fourth-order valence-corrected chi connectivity index (χ4v) is 4.81. The van der Waals surface area contributed by atoms with Crippen molar-refractivity contribution in [3.05, 3.63) is 29.8 Å². The highest BCUT2D eigenvalue weighted by Crippen LogP contribution is 2.28. The number of benzene rings is 1. The average Bonchev–Trinajstić information content (AvgIpc) is 3.21. The summed E-state index contributed by atoms with van der Waals surface area (Å²) in [7, 11) is 0. The first-order valence-electron chi connectivity index (χ1n) is 10.1. The van der Waals surface area contributed by atoms with Gasteiger partial charge in [0.15, 0.2) is 0 Å². The van der Waals surface area contributed by atoms with Crippen molar-refractivity contribution in [3.63, 3.8) is 0 Å². The van der Waals surface area contributed by atoms with Crippen molar-refractivity contribution in [1.29, 1.82) is 0 Å². The van der Waals surface area contributed by atoms with E-state index in [1.54, 1.807) is 11.8 Å². The summed E-state index contributed by atoms with van der Waals surface area (Å²) >= 11 is 1.73. The zero-order chi connectivity index (χ0) is 19.2. The van der Waals surface area contributed by atoms with E-state index < -0.39 is 0 Å². The van der Waals surface area contributed by atoms with Crippen LogP contribution in [0.1, 0.15) is 49.9 Å². The number of piperidine rings is 1. The molecule has 2 unspecified atom stereocenters. The fourth-order valence-electron chi connectivity index (χ4n) is 3.86. The van der Waals surface area contributed by atoms with E-state index in [1.165, 1.54) is 0 Å². The smallest absolute Gasteiger partial charge is 0.254 e. The highest BCUT2D eigenvalue weighted by Gasteiger charge is 2.27. The standard InChI is InChI=1S/C21H31N3O2S/c1-15(2)27-19-10-4-3-8-17(19)21(26)24-12-6-7-16(14-24)13-23-20(25)18-9-5-11-22-18/h3-4,8,10,15-16,18,22H,5-7,9,11-14H2,1-2H3,(H,23,25). The van der Waals surface area contributed by atoms with Gasteiger partial charge in [-0.2, -0.15) is 0 Å². The molecule has 2 fully saturated rings. The first-order valence-corrected chi connectivity index (χ1v) is 11.0. The van der Waals surface area contributed by atoms with E-state index in [1.807, 2.05) is 29.2 Å². The third-order valence-corrected chi connectivity index (χ3v) is 6.31. The number of nitrogens with zero attached hydrogens (tertiary/aromatic N) is 1. The molecule has 2 amide bonds. The SMILES string of the molecule is CC(C)Sc1ccccc1C(=O)N1CCCC(CNC(=O)C2CCCN2)C1. The van der Waals surface area contributed by atoms with Crippen LogP contribution >= 0.6 is 11.8 Å². The monoisotopic (exact) mass is 389 g/mol. The minimum absolute atomic E-state index is 0.0359. The zero-order valence-corrected chi connectivity index (χ0v) is 17.2. The van der Waals surface area contributed by atoms with Gasteiger partial charge in [-0.1, -0.05) is 26.0 Å². The molecular formula is C21H31N3O2S. The molecule has 2 aliphatic heterocycles. The second-order valence-corrected chi connectivity index (χ2v) is 9.43. The van der Waals surface area contributed by atoms with Crippen molar-refractivity contribution in [3.8, 4) is 0 Å². The Kier molecular flexibility index (Phi) is 7.19. The average molecular weight is 390 g/mol. The molecule has 0 saturated carbocycles. The van der Waals surface area contributed by atoms with Gasteiger partial charge in [-0.05, 0) is 50.3 Å². The summed E-state index contributed by atoms with van der Waals surface area (Å²) in [5.74, 6) is 0.555. The molecule has 2 aliphatic rings. The number of carbonyl (C=O) groups excluding carboxylic acids is 2. The van der Waals surface area contributed by atoms with Gasteiger partial charge in [0.2, 0.25) is 5.91 Å². The van der Waals surface area contributed by atoms with E-state index in [0.717, 1.165) is 55.8 Å². The Balaban J connectivity index is 1.57. The van der Waals surface area contributed by atoms with Crippen LogP contribution in [0.3, 0.4) is 0 Å². The van der Waals surface area contributed by atoms with Crippen LogP contribution in [-0.4, -0.2) is 54.2 Å². The summed E-state index contributed by atoms with van der Waals surface area (Å²) in [6.45, 7) is 7.39. The number of hydrogen-bond acceptors (Lipinski definition) is 4. The lowest BCUT2D eigenvalue weighted by molar-refractivity contribution is -0.123. The Morgan fingerprint density at radius 1 is 1.26 bits per heavy atom. The number of rotatable bonds is 6. The first kappa shape index (κ1) is 20.2. The molecule has 1 aromatic carbocycles. The summed E-state index contributed by atoms with van der Waals surface area (Å²) in [4.78, 5) is 28.3. The largest absolute Gasteiger partial charge is 0.354 e. The van der Waals surface area contributed by atoms with Crippen LogP contribution in [0.4, 0.5) is 0 Å². The number of hydrogen-bond donors (Lipinski definition) is 2. The molecule has 1 aromatic rings. The normalized spacial score (nSPS) is 22.9. The fraction of sp³-hybridized carbons (Fsp3) is 0.619. The molecular weight excluding hydrogens is 358 g/mol. The summed E-state index contributed by atoms with van der Waals surface area (Å²) < 4.78 is 0. The van der Waals surface area contributed by atoms with Gasteiger partial charge in [-0.3, -0.25) is 9.59 Å². The highest BCUT2D eigenvalue weighted by atomic mass is 32.2. The molecule has 2 N–H and O–H groups in total. The Morgan fingerprint density at radius 3 is 2.81 bits per heavy atom. The van der Waals surface area contributed by atoms with Crippen LogP contribution < -0.4 is 10.6 Å². The minimum atomic E-state index is -0.0359. The number of thioether (sulfide) groups is 1. The van der Waals surface area contributed by atoms with Crippen molar-refractivity contribution in [1.82, 2.24) is 15.5 Å². The van der Waals surface area contributed by atoms with Gasteiger partial charge >= 0.3 is 0 Å². The first-order chi connectivity index (χ1) is 13.0.